The minimum atomic E-state index is -4.80. The first-order chi connectivity index (χ1) is 26.4. The standard InChI is InChI=1S/C39H40F4N8O4/c1-55-33-19-31-26(17-32(33)45-37(53)25-15-27(39(41,42)43)18-28(40)16-25)22-51(47-31)29-6-4-23(5-7-29)21-48-12-8-24(9-13-48)30-3-2-11-49-35(20-44-36(30)49)50-14-10-34(52)46-38(50)54/h2-3,11,15-20,22-24,29H,4-10,12-14,21H2,1H3,(H,45,53)(H,46,52,54)/t23-,29-. The molecule has 2 aliphatic heterocycles. The maximum Gasteiger partial charge on any atom is 0.416 e. The summed E-state index contributed by atoms with van der Waals surface area (Å²) in [5.41, 5.74) is 1.20. The van der Waals surface area contributed by atoms with E-state index in [9.17, 15) is 31.9 Å². The summed E-state index contributed by atoms with van der Waals surface area (Å²) >= 11 is 0. The number of methoxy groups -OCH3 is 1. The van der Waals surface area contributed by atoms with Gasteiger partial charge in [-0.2, -0.15) is 18.3 Å². The van der Waals surface area contributed by atoms with E-state index in [1.54, 1.807) is 23.2 Å². The number of carbonyl (C=O) groups excluding carboxylic acids is 3. The van der Waals surface area contributed by atoms with Crippen LogP contribution in [0.15, 0.2) is 61.1 Å². The van der Waals surface area contributed by atoms with Gasteiger partial charge in [-0.25, -0.2) is 14.2 Å². The first-order valence-corrected chi connectivity index (χ1v) is 18.5. The third-order valence-electron chi connectivity index (χ3n) is 11.2. The number of halogens is 4. The maximum absolute atomic E-state index is 14.0. The van der Waals surface area contributed by atoms with E-state index < -0.39 is 35.1 Å². The summed E-state index contributed by atoms with van der Waals surface area (Å²) in [5.74, 6) is -0.467. The van der Waals surface area contributed by atoms with Gasteiger partial charge in [0.25, 0.3) is 5.91 Å². The highest BCUT2D eigenvalue weighted by atomic mass is 19.4. The maximum atomic E-state index is 14.0. The first-order valence-electron chi connectivity index (χ1n) is 18.5. The number of carbonyl (C=O) groups is 3. The summed E-state index contributed by atoms with van der Waals surface area (Å²) in [6.07, 6.45) is 7.05. The second kappa shape index (κ2) is 14.6. The number of nitrogens with one attached hydrogen (secondary N) is 2. The van der Waals surface area contributed by atoms with Gasteiger partial charge in [-0.05, 0) is 99.3 Å². The number of ether oxygens (including phenoxy) is 1. The lowest BCUT2D eigenvalue weighted by molar-refractivity contribution is -0.137. The van der Waals surface area contributed by atoms with Gasteiger partial charge in [0, 0.05) is 48.9 Å². The predicted octanol–water partition coefficient (Wildman–Crippen LogP) is 7.16. The molecule has 55 heavy (non-hydrogen) atoms. The van der Waals surface area contributed by atoms with Crippen molar-refractivity contribution >= 4 is 45.9 Å². The number of imide groups is 1. The zero-order chi connectivity index (χ0) is 38.4. The van der Waals surface area contributed by atoms with E-state index in [1.165, 1.54) is 12.7 Å². The Bertz CT molecular complexity index is 2270. The molecule has 1 aliphatic carbocycles. The molecule has 1 saturated carbocycles. The van der Waals surface area contributed by atoms with Crippen molar-refractivity contribution in [1.82, 2.24) is 29.4 Å². The van der Waals surface area contributed by atoms with Gasteiger partial charge in [0.2, 0.25) is 5.91 Å². The Morgan fingerprint density at radius 2 is 1.80 bits per heavy atom. The molecule has 3 fully saturated rings. The Morgan fingerprint density at radius 1 is 1.02 bits per heavy atom. The molecule has 2 saturated heterocycles. The lowest BCUT2D eigenvalue weighted by Crippen LogP contribution is -2.50. The number of hydrogen-bond acceptors (Lipinski definition) is 7. The van der Waals surface area contributed by atoms with E-state index in [1.807, 2.05) is 27.5 Å². The van der Waals surface area contributed by atoms with Crippen LogP contribution in [0.4, 0.5) is 33.9 Å². The molecule has 2 aromatic carbocycles. The Labute approximate surface area is 313 Å². The molecule has 0 radical (unpaired) electrons. The second-order valence-electron chi connectivity index (χ2n) is 14.7. The van der Waals surface area contributed by atoms with Crippen LogP contribution < -0.4 is 20.3 Å². The van der Waals surface area contributed by atoms with Crippen LogP contribution in [0.25, 0.3) is 16.6 Å². The number of pyridine rings is 1. The summed E-state index contributed by atoms with van der Waals surface area (Å²) in [6, 6.07) is 8.95. The summed E-state index contributed by atoms with van der Waals surface area (Å²) in [5, 5.41) is 10.5. The largest absolute Gasteiger partial charge is 0.494 e. The normalized spacial score (nSPS) is 20.3. The number of urea groups is 1. The van der Waals surface area contributed by atoms with Crippen LogP contribution in [0.1, 0.15) is 78.4 Å². The molecule has 2 N–H and O–H groups in total. The van der Waals surface area contributed by atoms with Crippen molar-refractivity contribution < 1.29 is 36.7 Å². The number of imidazole rings is 1. The van der Waals surface area contributed by atoms with Crippen molar-refractivity contribution in [3.05, 3.63) is 83.6 Å². The van der Waals surface area contributed by atoms with Crippen LogP contribution >= 0.6 is 0 Å². The van der Waals surface area contributed by atoms with Crippen molar-refractivity contribution in [2.24, 2.45) is 5.92 Å². The number of likely N-dealkylation sites (tertiary alicyclic amines) is 1. The first kappa shape index (κ1) is 36.5. The molecule has 16 heteroatoms. The van der Waals surface area contributed by atoms with Crippen molar-refractivity contribution in [3.8, 4) is 5.75 Å². The van der Waals surface area contributed by atoms with Gasteiger partial charge in [-0.3, -0.25) is 28.9 Å². The molecular weight excluding hydrogens is 720 g/mol. The smallest absolute Gasteiger partial charge is 0.416 e. The van der Waals surface area contributed by atoms with Crippen LogP contribution in [0.5, 0.6) is 5.75 Å². The van der Waals surface area contributed by atoms with Gasteiger partial charge in [0.05, 0.1) is 36.1 Å². The molecule has 0 spiro atoms. The molecule has 8 rings (SSSR count). The van der Waals surface area contributed by atoms with Gasteiger partial charge < -0.3 is 15.0 Å². The molecular formula is C39H40F4N8O4. The number of aromatic nitrogens is 4. The highest BCUT2D eigenvalue weighted by Crippen LogP contribution is 2.38. The van der Waals surface area contributed by atoms with Gasteiger partial charge >= 0.3 is 12.2 Å². The van der Waals surface area contributed by atoms with Crippen molar-refractivity contribution in [2.45, 2.75) is 63.1 Å². The molecule has 0 atom stereocenters. The quantitative estimate of drug-likeness (QED) is 0.161. The highest BCUT2D eigenvalue weighted by molar-refractivity contribution is 6.06. The average Bonchev–Trinajstić information content (AvgIpc) is 3.79. The topological polar surface area (TPSA) is 126 Å². The number of hydrogen-bond donors (Lipinski definition) is 2. The van der Waals surface area contributed by atoms with E-state index in [0.29, 0.717) is 41.8 Å². The number of amides is 4. The van der Waals surface area contributed by atoms with E-state index in [2.05, 4.69) is 21.6 Å². The number of alkyl halides is 3. The van der Waals surface area contributed by atoms with E-state index in [0.717, 1.165) is 75.3 Å². The van der Waals surface area contributed by atoms with E-state index >= 15 is 0 Å². The number of rotatable bonds is 8. The van der Waals surface area contributed by atoms with Crippen molar-refractivity contribution in [3.63, 3.8) is 0 Å². The van der Waals surface area contributed by atoms with E-state index in [4.69, 9.17) is 14.8 Å². The van der Waals surface area contributed by atoms with E-state index in [-0.39, 0.29) is 29.8 Å². The van der Waals surface area contributed by atoms with Crippen molar-refractivity contribution in [2.75, 3.05) is 43.5 Å². The Balaban J connectivity index is 0.863. The van der Waals surface area contributed by atoms with Crippen LogP contribution in [0, 0.1) is 11.7 Å². The van der Waals surface area contributed by atoms with Crippen LogP contribution in [0.2, 0.25) is 0 Å². The molecule has 3 aliphatic rings. The molecule has 4 amide bonds. The predicted molar refractivity (Wildman–Crippen MR) is 196 cm³/mol. The fourth-order valence-corrected chi connectivity index (χ4v) is 8.31. The lowest BCUT2D eigenvalue weighted by Gasteiger charge is -2.36. The van der Waals surface area contributed by atoms with Gasteiger partial charge in [0.1, 0.15) is 23.0 Å². The molecule has 5 heterocycles. The van der Waals surface area contributed by atoms with Crippen LogP contribution in [-0.4, -0.2) is 75.2 Å². The number of fused-ring (bicyclic) bond motifs is 2. The zero-order valence-electron chi connectivity index (χ0n) is 30.1. The molecule has 0 bridgehead atoms. The SMILES string of the molecule is COc1cc2nn([C@H]3CC[C@H](CN4CCC(c5cccn6c(N7CCC(=O)NC7=O)cnc56)CC4)CC3)cc2cc1NC(=O)c1cc(F)cc(C(F)(F)F)c1. The highest BCUT2D eigenvalue weighted by Gasteiger charge is 2.33. The van der Waals surface area contributed by atoms with Gasteiger partial charge in [0.15, 0.2) is 0 Å². The monoisotopic (exact) mass is 760 g/mol. The zero-order valence-corrected chi connectivity index (χ0v) is 30.1. The molecule has 3 aromatic heterocycles. The summed E-state index contributed by atoms with van der Waals surface area (Å²) < 4.78 is 63.0. The Hall–Kier alpha value is -5.51. The van der Waals surface area contributed by atoms with Crippen molar-refractivity contribution in [1.29, 1.82) is 0 Å². The summed E-state index contributed by atoms with van der Waals surface area (Å²) in [6.45, 7) is 3.34. The number of anilines is 2. The molecule has 12 nitrogen and oxygen atoms in total. The Morgan fingerprint density at radius 3 is 2.53 bits per heavy atom. The average molecular weight is 761 g/mol. The number of piperidine rings is 1. The molecule has 288 valence electrons. The van der Waals surface area contributed by atoms with Gasteiger partial charge in [-0.15, -0.1) is 0 Å². The minimum absolute atomic E-state index is 0.197. The number of benzene rings is 2. The van der Waals surface area contributed by atoms with Gasteiger partial charge in [-0.1, -0.05) is 6.07 Å². The summed E-state index contributed by atoms with van der Waals surface area (Å²) in [4.78, 5) is 45.9. The fourth-order valence-electron chi connectivity index (χ4n) is 8.31. The van der Waals surface area contributed by atoms with Crippen LogP contribution in [-0.2, 0) is 11.0 Å². The van der Waals surface area contributed by atoms with Crippen LogP contribution in [0.3, 0.4) is 0 Å². The third-order valence-corrected chi connectivity index (χ3v) is 11.2. The fraction of sp³-hybridized carbons (Fsp3) is 0.410. The molecule has 0 unspecified atom stereocenters. The third kappa shape index (κ3) is 7.46. The minimum Gasteiger partial charge on any atom is -0.494 e. The second-order valence-corrected chi connectivity index (χ2v) is 14.7. The summed E-state index contributed by atoms with van der Waals surface area (Å²) in [7, 11) is 1.42. The lowest BCUT2D eigenvalue weighted by atomic mass is 9.84. The molecule has 5 aromatic rings. The number of nitrogens with zero attached hydrogens (tertiary/aromatic N) is 6. The Kier molecular flexibility index (Phi) is 9.69.